The van der Waals surface area contributed by atoms with Gasteiger partial charge in [-0.15, -0.1) is 0 Å². The number of hydrogen-bond acceptors (Lipinski definition) is 2. The Balaban J connectivity index is 2.05. The van der Waals surface area contributed by atoms with Crippen molar-refractivity contribution < 1.29 is 9.18 Å². The maximum atomic E-state index is 13.3. The van der Waals surface area contributed by atoms with Crippen LogP contribution in [0, 0.1) is 12.7 Å². The van der Waals surface area contributed by atoms with Gasteiger partial charge >= 0.3 is 0 Å². The van der Waals surface area contributed by atoms with E-state index in [0.717, 1.165) is 10.0 Å². The fourth-order valence-corrected chi connectivity index (χ4v) is 1.92. The second-order valence-electron chi connectivity index (χ2n) is 4.18. The van der Waals surface area contributed by atoms with Crippen molar-refractivity contribution in [1.82, 2.24) is 5.43 Å². The summed E-state index contributed by atoms with van der Waals surface area (Å²) < 4.78 is 14.2. The van der Waals surface area contributed by atoms with Crippen molar-refractivity contribution in [3.8, 4) is 0 Å². The molecule has 0 heterocycles. The molecule has 3 nitrogen and oxygen atoms in total. The predicted octanol–water partition coefficient (Wildman–Crippen LogP) is 3.66. The van der Waals surface area contributed by atoms with Gasteiger partial charge in [0.15, 0.2) is 0 Å². The van der Waals surface area contributed by atoms with E-state index in [-0.39, 0.29) is 11.7 Å². The maximum absolute atomic E-state index is 13.3. The van der Waals surface area contributed by atoms with Crippen LogP contribution in [-0.4, -0.2) is 12.1 Å². The smallest absolute Gasteiger partial charge is 0.267 e. The monoisotopic (exact) mass is 334 g/mol. The number of aryl methyl sites for hydroxylation is 1. The first-order chi connectivity index (χ1) is 9.58. The van der Waals surface area contributed by atoms with Crippen molar-refractivity contribution in [3.63, 3.8) is 0 Å². The maximum Gasteiger partial charge on any atom is 0.271 e. The summed E-state index contributed by atoms with van der Waals surface area (Å²) in [5.41, 5.74) is 4.20. The van der Waals surface area contributed by atoms with Crippen molar-refractivity contribution >= 4 is 28.1 Å². The average molecular weight is 335 g/mol. The van der Waals surface area contributed by atoms with Crippen molar-refractivity contribution in [2.75, 3.05) is 0 Å². The minimum Gasteiger partial charge on any atom is -0.267 e. The lowest BCUT2D eigenvalue weighted by molar-refractivity contribution is 0.0955. The van der Waals surface area contributed by atoms with E-state index in [1.165, 1.54) is 12.3 Å². The van der Waals surface area contributed by atoms with Crippen LogP contribution < -0.4 is 5.43 Å². The number of hydrogen-bond donors (Lipinski definition) is 1. The Hall–Kier alpha value is -2.01. The van der Waals surface area contributed by atoms with Gasteiger partial charge in [0.1, 0.15) is 5.82 Å². The summed E-state index contributed by atoms with van der Waals surface area (Å²) >= 11 is 3.36. The van der Waals surface area contributed by atoms with Gasteiger partial charge in [0, 0.05) is 15.6 Å². The highest BCUT2D eigenvalue weighted by Gasteiger charge is 2.06. The SMILES string of the molecule is Cc1ccc(C(=O)N/N=C/c2ccccc2F)cc1Br. The van der Waals surface area contributed by atoms with Crippen LogP contribution in [0.1, 0.15) is 21.5 Å². The van der Waals surface area contributed by atoms with Crippen LogP contribution in [0.3, 0.4) is 0 Å². The summed E-state index contributed by atoms with van der Waals surface area (Å²) in [6, 6.07) is 11.4. The molecule has 5 heteroatoms. The third kappa shape index (κ3) is 3.51. The highest BCUT2D eigenvalue weighted by molar-refractivity contribution is 9.10. The third-order valence-electron chi connectivity index (χ3n) is 2.71. The highest BCUT2D eigenvalue weighted by Crippen LogP contribution is 2.17. The molecule has 0 aliphatic carbocycles. The zero-order valence-corrected chi connectivity index (χ0v) is 12.3. The van der Waals surface area contributed by atoms with Gasteiger partial charge in [-0.25, -0.2) is 9.82 Å². The molecule has 0 aromatic heterocycles. The molecule has 0 saturated heterocycles. The Labute approximate surface area is 124 Å². The first-order valence-electron chi connectivity index (χ1n) is 5.92. The molecular weight excluding hydrogens is 323 g/mol. The largest absolute Gasteiger partial charge is 0.271 e. The van der Waals surface area contributed by atoms with E-state index >= 15 is 0 Å². The number of halogens is 2. The third-order valence-corrected chi connectivity index (χ3v) is 3.56. The van der Waals surface area contributed by atoms with E-state index in [9.17, 15) is 9.18 Å². The van der Waals surface area contributed by atoms with E-state index in [1.54, 1.807) is 30.3 Å². The second-order valence-corrected chi connectivity index (χ2v) is 5.04. The quantitative estimate of drug-likeness (QED) is 0.675. The normalized spacial score (nSPS) is 10.8. The molecule has 0 aliphatic heterocycles. The standard InChI is InChI=1S/C15H12BrFN2O/c1-10-6-7-11(8-13(10)16)15(20)19-18-9-12-4-2-3-5-14(12)17/h2-9H,1H3,(H,19,20)/b18-9+. The average Bonchev–Trinajstić information content (AvgIpc) is 2.44. The minimum absolute atomic E-state index is 0.317. The molecular formula is C15H12BrFN2O. The fraction of sp³-hybridized carbons (Fsp3) is 0.0667. The number of carbonyl (C=O) groups excluding carboxylic acids is 1. The number of nitrogens with zero attached hydrogens (tertiary/aromatic N) is 1. The summed E-state index contributed by atoms with van der Waals surface area (Å²) in [5, 5.41) is 3.75. The Morgan fingerprint density at radius 3 is 2.75 bits per heavy atom. The van der Waals surface area contributed by atoms with Gasteiger partial charge in [-0.1, -0.05) is 40.2 Å². The summed E-state index contributed by atoms with van der Waals surface area (Å²) in [7, 11) is 0. The summed E-state index contributed by atoms with van der Waals surface area (Å²) in [6.45, 7) is 1.93. The van der Waals surface area contributed by atoms with Gasteiger partial charge in [-0.05, 0) is 30.7 Å². The first-order valence-corrected chi connectivity index (χ1v) is 6.71. The molecule has 0 aliphatic rings. The van der Waals surface area contributed by atoms with Gasteiger partial charge in [0.05, 0.1) is 6.21 Å². The molecule has 0 spiro atoms. The molecule has 0 radical (unpaired) electrons. The van der Waals surface area contributed by atoms with E-state index in [4.69, 9.17) is 0 Å². The number of benzene rings is 2. The summed E-state index contributed by atoms with van der Waals surface area (Å²) in [6.07, 6.45) is 1.27. The molecule has 1 N–H and O–H groups in total. The molecule has 0 bridgehead atoms. The molecule has 2 aromatic carbocycles. The number of nitrogens with one attached hydrogen (secondary N) is 1. The Kier molecular flexibility index (Phi) is 4.63. The lowest BCUT2D eigenvalue weighted by Crippen LogP contribution is -2.17. The second kappa shape index (κ2) is 6.43. The van der Waals surface area contributed by atoms with Crippen LogP contribution in [0.5, 0.6) is 0 Å². The number of hydrazone groups is 1. The van der Waals surface area contributed by atoms with Crippen LogP contribution >= 0.6 is 15.9 Å². The van der Waals surface area contributed by atoms with Crippen molar-refractivity contribution in [2.45, 2.75) is 6.92 Å². The Morgan fingerprint density at radius 1 is 1.30 bits per heavy atom. The number of rotatable bonds is 3. The van der Waals surface area contributed by atoms with E-state index < -0.39 is 0 Å². The Morgan fingerprint density at radius 2 is 2.05 bits per heavy atom. The molecule has 0 fully saturated rings. The fourth-order valence-electron chi connectivity index (χ4n) is 1.54. The zero-order chi connectivity index (χ0) is 14.5. The van der Waals surface area contributed by atoms with Crippen molar-refractivity contribution in [1.29, 1.82) is 0 Å². The lowest BCUT2D eigenvalue weighted by atomic mass is 10.1. The predicted molar refractivity (Wildman–Crippen MR) is 80.3 cm³/mol. The van der Waals surface area contributed by atoms with Gasteiger partial charge < -0.3 is 0 Å². The molecule has 2 aromatic rings. The molecule has 2 rings (SSSR count). The molecule has 20 heavy (non-hydrogen) atoms. The van der Waals surface area contributed by atoms with Gasteiger partial charge in [0.2, 0.25) is 0 Å². The van der Waals surface area contributed by atoms with Crippen molar-refractivity contribution in [2.24, 2.45) is 5.10 Å². The molecule has 102 valence electrons. The van der Waals surface area contributed by atoms with E-state index in [1.807, 2.05) is 13.0 Å². The van der Waals surface area contributed by atoms with Crippen LogP contribution in [0.4, 0.5) is 4.39 Å². The van der Waals surface area contributed by atoms with E-state index in [0.29, 0.717) is 11.1 Å². The van der Waals surface area contributed by atoms with Crippen LogP contribution in [-0.2, 0) is 0 Å². The molecule has 0 atom stereocenters. The van der Waals surface area contributed by atoms with Crippen molar-refractivity contribution in [3.05, 3.63) is 69.4 Å². The summed E-state index contributed by atoms with van der Waals surface area (Å²) in [5.74, 6) is -0.734. The minimum atomic E-state index is -0.386. The van der Waals surface area contributed by atoms with Gasteiger partial charge in [0.25, 0.3) is 5.91 Å². The number of amides is 1. The summed E-state index contributed by atoms with van der Waals surface area (Å²) in [4.78, 5) is 11.8. The van der Waals surface area contributed by atoms with Crippen LogP contribution in [0.15, 0.2) is 52.0 Å². The number of carbonyl (C=O) groups is 1. The topological polar surface area (TPSA) is 41.5 Å². The molecule has 0 unspecified atom stereocenters. The molecule has 0 saturated carbocycles. The van der Waals surface area contributed by atoms with Crippen LogP contribution in [0.2, 0.25) is 0 Å². The van der Waals surface area contributed by atoms with Gasteiger partial charge in [-0.2, -0.15) is 5.10 Å². The highest BCUT2D eigenvalue weighted by atomic mass is 79.9. The van der Waals surface area contributed by atoms with Gasteiger partial charge in [-0.3, -0.25) is 4.79 Å². The Bertz CT molecular complexity index is 671. The zero-order valence-electron chi connectivity index (χ0n) is 10.7. The first kappa shape index (κ1) is 14.4. The molecule has 1 amide bonds. The van der Waals surface area contributed by atoms with Crippen LogP contribution in [0.25, 0.3) is 0 Å². The lowest BCUT2D eigenvalue weighted by Gasteiger charge is -2.02. The van der Waals surface area contributed by atoms with E-state index in [2.05, 4.69) is 26.5 Å².